The Hall–Kier alpha value is -1.84. The van der Waals surface area contributed by atoms with Crippen molar-refractivity contribution in [1.29, 1.82) is 0 Å². The normalized spacial score (nSPS) is 12.1. The summed E-state index contributed by atoms with van der Waals surface area (Å²) in [5.74, 6) is 0.585. The van der Waals surface area contributed by atoms with E-state index in [9.17, 15) is 4.79 Å². The highest BCUT2D eigenvalue weighted by Gasteiger charge is 2.22. The highest BCUT2D eigenvalue weighted by molar-refractivity contribution is 9.10. The first-order valence-corrected chi connectivity index (χ1v) is 7.92. The lowest BCUT2D eigenvalue weighted by Crippen LogP contribution is -2.14. The van der Waals surface area contributed by atoms with E-state index in [1.54, 1.807) is 0 Å². The molecule has 22 heavy (non-hydrogen) atoms. The van der Waals surface area contributed by atoms with Crippen molar-refractivity contribution in [2.45, 2.75) is 6.10 Å². The summed E-state index contributed by atoms with van der Waals surface area (Å²) in [6, 6.07) is 20.9. The number of carbonyl (C=O) groups is 1. The second kappa shape index (κ2) is 6.51. The largest absolute Gasteiger partial charge is 0.475 e. The third kappa shape index (κ3) is 3.01. The van der Waals surface area contributed by atoms with Gasteiger partial charge in [0.25, 0.3) is 5.24 Å². The summed E-state index contributed by atoms with van der Waals surface area (Å²) in [4.78, 5) is 11.7. The zero-order valence-corrected chi connectivity index (χ0v) is 13.8. The predicted octanol–water partition coefficient (Wildman–Crippen LogP) is 5.49. The van der Waals surface area contributed by atoms with Crippen LogP contribution in [-0.4, -0.2) is 5.24 Å². The van der Waals surface area contributed by atoms with E-state index in [-0.39, 0.29) is 0 Å². The van der Waals surface area contributed by atoms with E-state index in [1.807, 2.05) is 66.7 Å². The molecule has 2 nitrogen and oxygen atoms in total. The third-order valence-corrected chi connectivity index (χ3v) is 4.40. The van der Waals surface area contributed by atoms with Gasteiger partial charge in [0.1, 0.15) is 5.75 Å². The first kappa shape index (κ1) is 15.1. The van der Waals surface area contributed by atoms with Crippen LogP contribution < -0.4 is 4.74 Å². The summed E-state index contributed by atoms with van der Waals surface area (Å²) in [6.07, 6.45) is -0.833. The molecule has 0 saturated heterocycles. The number of rotatable bonds is 4. The van der Waals surface area contributed by atoms with E-state index in [4.69, 9.17) is 16.3 Å². The molecule has 3 aromatic carbocycles. The molecule has 0 aliphatic heterocycles. The maximum atomic E-state index is 11.7. The third-order valence-electron chi connectivity index (χ3n) is 3.38. The van der Waals surface area contributed by atoms with Crippen molar-refractivity contribution in [3.8, 4) is 5.75 Å². The summed E-state index contributed by atoms with van der Waals surface area (Å²) in [5.41, 5.74) is 0.725. The highest BCUT2D eigenvalue weighted by Crippen LogP contribution is 2.36. The summed E-state index contributed by atoms with van der Waals surface area (Å²) < 4.78 is 6.68. The van der Waals surface area contributed by atoms with Gasteiger partial charge in [0.2, 0.25) is 0 Å². The molecule has 3 aromatic rings. The smallest absolute Gasteiger partial charge is 0.267 e. The molecule has 0 aromatic heterocycles. The number of benzene rings is 3. The fourth-order valence-electron chi connectivity index (χ4n) is 2.30. The van der Waals surface area contributed by atoms with Crippen LogP contribution in [0.15, 0.2) is 71.2 Å². The Morgan fingerprint density at radius 1 is 0.955 bits per heavy atom. The zero-order valence-electron chi connectivity index (χ0n) is 11.5. The average Bonchev–Trinajstić information content (AvgIpc) is 2.55. The monoisotopic (exact) mass is 374 g/mol. The molecule has 0 radical (unpaired) electrons. The Kier molecular flexibility index (Phi) is 4.46. The summed E-state index contributed by atoms with van der Waals surface area (Å²) in [7, 11) is 0. The fourth-order valence-corrected chi connectivity index (χ4v) is 3.06. The minimum Gasteiger partial charge on any atom is -0.475 e. The first-order valence-electron chi connectivity index (χ1n) is 6.75. The average molecular weight is 376 g/mol. The molecule has 0 heterocycles. The zero-order chi connectivity index (χ0) is 15.5. The topological polar surface area (TPSA) is 26.3 Å². The van der Waals surface area contributed by atoms with Crippen molar-refractivity contribution in [1.82, 2.24) is 0 Å². The molecule has 0 N–H and O–H groups in total. The predicted molar refractivity (Wildman–Crippen MR) is 92.3 cm³/mol. The van der Waals surface area contributed by atoms with Crippen molar-refractivity contribution in [3.05, 3.63) is 76.8 Å². The molecule has 0 aliphatic carbocycles. The number of hydrogen-bond donors (Lipinski definition) is 0. The van der Waals surface area contributed by atoms with Crippen LogP contribution in [-0.2, 0) is 4.79 Å². The van der Waals surface area contributed by atoms with Crippen LogP contribution in [0, 0.1) is 0 Å². The first-order chi connectivity index (χ1) is 10.7. The van der Waals surface area contributed by atoms with Crippen LogP contribution in [0.25, 0.3) is 10.8 Å². The Morgan fingerprint density at radius 3 is 2.36 bits per heavy atom. The van der Waals surface area contributed by atoms with Gasteiger partial charge in [0, 0.05) is 5.56 Å². The van der Waals surface area contributed by atoms with Crippen LogP contribution >= 0.6 is 27.5 Å². The molecule has 1 atom stereocenters. The fraction of sp³-hybridized carbons (Fsp3) is 0.0556. The summed E-state index contributed by atoms with van der Waals surface area (Å²) in [6.45, 7) is 0. The van der Waals surface area contributed by atoms with E-state index in [0.29, 0.717) is 5.75 Å². The number of hydrogen-bond acceptors (Lipinski definition) is 2. The molecule has 0 spiro atoms. The number of fused-ring (bicyclic) bond motifs is 1. The van der Waals surface area contributed by atoms with Crippen molar-refractivity contribution < 1.29 is 9.53 Å². The van der Waals surface area contributed by atoms with E-state index in [2.05, 4.69) is 15.9 Å². The molecular weight excluding hydrogens is 364 g/mol. The Labute approximate surface area is 141 Å². The number of halogens is 2. The van der Waals surface area contributed by atoms with Crippen LogP contribution in [0.4, 0.5) is 0 Å². The van der Waals surface area contributed by atoms with Gasteiger partial charge in [-0.1, -0.05) is 60.7 Å². The summed E-state index contributed by atoms with van der Waals surface area (Å²) >= 11 is 9.27. The lowest BCUT2D eigenvalue weighted by Gasteiger charge is -2.17. The molecule has 0 saturated carbocycles. The van der Waals surface area contributed by atoms with Gasteiger partial charge in [-0.05, 0) is 44.4 Å². The van der Waals surface area contributed by atoms with Gasteiger partial charge in [-0.25, -0.2) is 0 Å². The van der Waals surface area contributed by atoms with Gasteiger partial charge < -0.3 is 4.74 Å². The Bertz CT molecular complexity index is 818. The van der Waals surface area contributed by atoms with Crippen LogP contribution in [0.3, 0.4) is 0 Å². The molecule has 0 amide bonds. The van der Waals surface area contributed by atoms with E-state index in [1.165, 1.54) is 0 Å². The molecule has 0 fully saturated rings. The molecule has 0 aliphatic rings. The minimum absolute atomic E-state index is 0.550. The lowest BCUT2D eigenvalue weighted by atomic mass is 10.1. The standard InChI is InChI=1S/C18H12BrClO2/c19-16-14-9-5-4-6-12(14)10-11-15(16)22-17(18(20)21)13-7-2-1-3-8-13/h1-11,17H. The van der Waals surface area contributed by atoms with Gasteiger partial charge in [-0.3, -0.25) is 4.79 Å². The van der Waals surface area contributed by atoms with Gasteiger partial charge in [0.05, 0.1) is 4.47 Å². The quantitative estimate of drug-likeness (QED) is 0.564. The minimum atomic E-state index is -0.833. The van der Waals surface area contributed by atoms with Gasteiger partial charge in [-0.15, -0.1) is 0 Å². The van der Waals surface area contributed by atoms with Crippen LogP contribution in [0.2, 0.25) is 0 Å². The molecule has 3 rings (SSSR count). The molecule has 110 valence electrons. The van der Waals surface area contributed by atoms with Crippen molar-refractivity contribution in [3.63, 3.8) is 0 Å². The van der Waals surface area contributed by atoms with E-state index < -0.39 is 11.3 Å². The SMILES string of the molecule is O=C(Cl)C(Oc1ccc2ccccc2c1Br)c1ccccc1. The second-order valence-corrected chi connectivity index (χ2v) is 5.98. The molecule has 0 bridgehead atoms. The Morgan fingerprint density at radius 2 is 1.64 bits per heavy atom. The van der Waals surface area contributed by atoms with Crippen molar-refractivity contribution >= 4 is 43.5 Å². The highest BCUT2D eigenvalue weighted by atomic mass is 79.9. The molecule has 4 heteroatoms. The molecule has 1 unspecified atom stereocenters. The second-order valence-electron chi connectivity index (χ2n) is 4.81. The maximum Gasteiger partial charge on any atom is 0.267 e. The van der Waals surface area contributed by atoms with Gasteiger partial charge in [0.15, 0.2) is 6.10 Å². The lowest BCUT2D eigenvalue weighted by molar-refractivity contribution is -0.118. The van der Waals surface area contributed by atoms with E-state index in [0.717, 1.165) is 20.8 Å². The number of carbonyl (C=O) groups excluding carboxylic acids is 1. The molecular formula is C18H12BrClO2. The maximum absolute atomic E-state index is 11.7. The van der Waals surface area contributed by atoms with Crippen molar-refractivity contribution in [2.75, 3.05) is 0 Å². The van der Waals surface area contributed by atoms with Crippen LogP contribution in [0.1, 0.15) is 11.7 Å². The van der Waals surface area contributed by atoms with Gasteiger partial charge >= 0.3 is 0 Å². The Balaban J connectivity index is 2.00. The van der Waals surface area contributed by atoms with Gasteiger partial charge in [-0.2, -0.15) is 0 Å². The number of ether oxygens (including phenoxy) is 1. The van der Waals surface area contributed by atoms with Crippen LogP contribution in [0.5, 0.6) is 5.75 Å². The van der Waals surface area contributed by atoms with Crippen molar-refractivity contribution in [2.24, 2.45) is 0 Å². The van der Waals surface area contributed by atoms with E-state index >= 15 is 0 Å². The summed E-state index contributed by atoms with van der Waals surface area (Å²) in [5, 5.41) is 1.57.